The van der Waals surface area contributed by atoms with Crippen LogP contribution in [0.4, 0.5) is 0 Å². The topological polar surface area (TPSA) is 80.7 Å². The second-order valence-corrected chi connectivity index (χ2v) is 7.37. The summed E-state index contributed by atoms with van der Waals surface area (Å²) < 4.78 is 27.9. The van der Waals surface area contributed by atoms with Crippen LogP contribution in [-0.4, -0.2) is 32.9 Å². The van der Waals surface area contributed by atoms with Crippen molar-refractivity contribution in [3.63, 3.8) is 0 Å². The summed E-state index contributed by atoms with van der Waals surface area (Å²) in [6.45, 7) is 5.64. The van der Waals surface area contributed by atoms with E-state index in [0.717, 1.165) is 6.26 Å². The molecule has 0 aliphatic rings. The number of rotatable bonds is 2. The van der Waals surface area contributed by atoms with Crippen molar-refractivity contribution in [1.29, 1.82) is 0 Å². The molecule has 0 unspecified atom stereocenters. The number of phenols is 1. The molecule has 0 fully saturated rings. The minimum absolute atomic E-state index is 0.143. The number of hydrogen-bond donors (Lipinski definition) is 1. The molecule has 0 aliphatic carbocycles. The van der Waals surface area contributed by atoms with Crippen LogP contribution in [0.15, 0.2) is 17.0 Å². The first-order valence-electron chi connectivity index (χ1n) is 5.64. The Morgan fingerprint density at radius 3 is 2.16 bits per heavy atom. The van der Waals surface area contributed by atoms with Crippen molar-refractivity contribution in [2.75, 3.05) is 13.4 Å². The average molecular weight is 286 g/mol. The smallest absolute Gasteiger partial charge is 0.341 e. The van der Waals surface area contributed by atoms with Crippen LogP contribution in [-0.2, 0) is 20.0 Å². The molecule has 6 heteroatoms. The highest BCUT2D eigenvalue weighted by molar-refractivity contribution is 7.90. The SMILES string of the molecule is COC(=O)c1cc(C(C)(C)C)cc(S(C)(=O)=O)c1O. The Morgan fingerprint density at radius 1 is 1.26 bits per heavy atom. The minimum Gasteiger partial charge on any atom is -0.506 e. The summed E-state index contributed by atoms with van der Waals surface area (Å²) in [5, 5.41) is 9.94. The van der Waals surface area contributed by atoms with Gasteiger partial charge in [-0.1, -0.05) is 20.8 Å². The van der Waals surface area contributed by atoms with Gasteiger partial charge in [-0.05, 0) is 23.1 Å². The van der Waals surface area contributed by atoms with Crippen molar-refractivity contribution in [3.05, 3.63) is 23.3 Å². The van der Waals surface area contributed by atoms with Crippen LogP contribution in [0.3, 0.4) is 0 Å². The lowest BCUT2D eigenvalue weighted by Crippen LogP contribution is -2.15. The van der Waals surface area contributed by atoms with Gasteiger partial charge in [-0.2, -0.15) is 0 Å². The molecule has 0 atom stereocenters. The lowest BCUT2D eigenvalue weighted by molar-refractivity contribution is 0.0596. The fraction of sp³-hybridized carbons (Fsp3) is 0.462. The Balaban J connectivity index is 3.72. The van der Waals surface area contributed by atoms with Gasteiger partial charge >= 0.3 is 5.97 Å². The maximum atomic E-state index is 11.7. The third kappa shape index (κ3) is 3.26. The van der Waals surface area contributed by atoms with Crippen molar-refractivity contribution in [2.24, 2.45) is 0 Å². The minimum atomic E-state index is -3.64. The van der Waals surface area contributed by atoms with Gasteiger partial charge < -0.3 is 9.84 Å². The maximum absolute atomic E-state index is 11.7. The first-order chi connectivity index (χ1) is 8.48. The van der Waals surface area contributed by atoms with E-state index in [1.807, 2.05) is 20.8 Å². The van der Waals surface area contributed by atoms with Crippen LogP contribution in [0, 0.1) is 0 Å². The quantitative estimate of drug-likeness (QED) is 0.840. The number of benzene rings is 1. The third-order valence-electron chi connectivity index (χ3n) is 2.75. The van der Waals surface area contributed by atoms with Gasteiger partial charge in [-0.3, -0.25) is 0 Å². The summed E-state index contributed by atoms with van der Waals surface area (Å²) in [7, 11) is -2.47. The standard InChI is InChI=1S/C13H18O5S/c1-13(2,3)8-6-9(12(15)18-4)11(14)10(7-8)19(5,16)17/h6-7,14H,1-5H3. The van der Waals surface area contributed by atoms with Gasteiger partial charge in [-0.15, -0.1) is 0 Å². The molecule has 0 saturated carbocycles. The van der Waals surface area contributed by atoms with E-state index in [2.05, 4.69) is 4.74 Å². The van der Waals surface area contributed by atoms with Crippen molar-refractivity contribution < 1.29 is 23.1 Å². The van der Waals surface area contributed by atoms with E-state index in [-0.39, 0.29) is 15.9 Å². The Labute approximate surface area is 113 Å². The Bertz CT molecular complexity index is 609. The van der Waals surface area contributed by atoms with Crippen LogP contribution in [0.5, 0.6) is 5.75 Å². The van der Waals surface area contributed by atoms with E-state index in [0.29, 0.717) is 5.56 Å². The number of phenolic OH excluding ortho intramolecular Hbond substituents is 1. The third-order valence-corrected chi connectivity index (χ3v) is 3.86. The highest BCUT2D eigenvalue weighted by Gasteiger charge is 2.26. The molecule has 1 N–H and O–H groups in total. The van der Waals surface area contributed by atoms with E-state index in [9.17, 15) is 18.3 Å². The Kier molecular flexibility index (Phi) is 3.95. The zero-order chi connectivity index (χ0) is 15.0. The summed E-state index contributed by atoms with van der Waals surface area (Å²) in [4.78, 5) is 11.4. The maximum Gasteiger partial charge on any atom is 0.341 e. The highest BCUT2D eigenvalue weighted by Crippen LogP contribution is 2.34. The van der Waals surface area contributed by atoms with E-state index in [1.54, 1.807) is 0 Å². The second-order valence-electron chi connectivity index (χ2n) is 5.38. The van der Waals surface area contributed by atoms with Crippen molar-refractivity contribution in [2.45, 2.75) is 31.1 Å². The van der Waals surface area contributed by atoms with E-state index in [4.69, 9.17) is 0 Å². The van der Waals surface area contributed by atoms with Crippen LogP contribution < -0.4 is 0 Å². The molecule has 0 bridgehead atoms. The predicted octanol–water partition coefficient (Wildman–Crippen LogP) is 1.88. The zero-order valence-corrected chi connectivity index (χ0v) is 12.5. The van der Waals surface area contributed by atoms with Crippen molar-refractivity contribution in [1.82, 2.24) is 0 Å². The normalized spacial score (nSPS) is 12.3. The molecule has 0 aromatic heterocycles. The number of carbonyl (C=O) groups excluding carboxylic acids is 1. The van der Waals surface area contributed by atoms with E-state index >= 15 is 0 Å². The van der Waals surface area contributed by atoms with E-state index in [1.165, 1.54) is 19.2 Å². The molecule has 1 aromatic rings. The lowest BCUT2D eigenvalue weighted by Gasteiger charge is -2.21. The number of ether oxygens (including phenoxy) is 1. The Hall–Kier alpha value is -1.56. The number of methoxy groups -OCH3 is 1. The van der Waals surface area contributed by atoms with Gasteiger partial charge in [0, 0.05) is 6.26 Å². The van der Waals surface area contributed by atoms with E-state index < -0.39 is 21.6 Å². The number of aromatic hydroxyl groups is 1. The molecule has 106 valence electrons. The van der Waals surface area contributed by atoms with Crippen LogP contribution >= 0.6 is 0 Å². The summed E-state index contributed by atoms with van der Waals surface area (Å²) in [6, 6.07) is 2.84. The van der Waals surface area contributed by atoms with Gasteiger partial charge in [0.2, 0.25) is 0 Å². The molecular weight excluding hydrogens is 268 g/mol. The van der Waals surface area contributed by atoms with Crippen molar-refractivity contribution >= 4 is 15.8 Å². The second kappa shape index (κ2) is 4.85. The fourth-order valence-corrected chi connectivity index (χ4v) is 2.39. The number of carbonyl (C=O) groups is 1. The highest BCUT2D eigenvalue weighted by atomic mass is 32.2. The Morgan fingerprint density at radius 2 is 1.79 bits per heavy atom. The predicted molar refractivity (Wildman–Crippen MR) is 71.3 cm³/mol. The summed E-state index contributed by atoms with van der Waals surface area (Å²) in [5.41, 5.74) is 0.122. The summed E-state index contributed by atoms with van der Waals surface area (Å²) >= 11 is 0. The monoisotopic (exact) mass is 286 g/mol. The molecule has 0 heterocycles. The van der Waals surface area contributed by atoms with Crippen LogP contribution in [0.1, 0.15) is 36.7 Å². The first kappa shape index (κ1) is 15.5. The van der Waals surface area contributed by atoms with Gasteiger partial charge in [0.1, 0.15) is 16.2 Å². The number of hydrogen-bond acceptors (Lipinski definition) is 5. The van der Waals surface area contributed by atoms with Crippen LogP contribution in [0.2, 0.25) is 0 Å². The molecule has 1 rings (SSSR count). The molecular formula is C13H18O5S. The molecule has 0 radical (unpaired) electrons. The van der Waals surface area contributed by atoms with Crippen LogP contribution in [0.25, 0.3) is 0 Å². The lowest BCUT2D eigenvalue weighted by atomic mass is 9.86. The molecule has 0 aliphatic heterocycles. The molecule has 0 saturated heterocycles. The molecule has 0 spiro atoms. The van der Waals surface area contributed by atoms with Crippen molar-refractivity contribution in [3.8, 4) is 5.75 Å². The summed E-state index contributed by atoms with van der Waals surface area (Å²) in [5.74, 6) is -1.34. The largest absolute Gasteiger partial charge is 0.506 e. The van der Waals surface area contributed by atoms with Gasteiger partial charge in [0.15, 0.2) is 9.84 Å². The average Bonchev–Trinajstić information content (AvgIpc) is 2.25. The number of sulfone groups is 1. The fourth-order valence-electron chi connectivity index (χ4n) is 1.59. The summed E-state index contributed by atoms with van der Waals surface area (Å²) in [6.07, 6.45) is 0.982. The molecule has 5 nitrogen and oxygen atoms in total. The first-order valence-corrected chi connectivity index (χ1v) is 7.53. The molecule has 1 aromatic carbocycles. The van der Waals surface area contributed by atoms with Gasteiger partial charge in [-0.25, -0.2) is 13.2 Å². The van der Waals surface area contributed by atoms with Gasteiger partial charge in [0.05, 0.1) is 7.11 Å². The molecule has 0 amide bonds. The molecule has 19 heavy (non-hydrogen) atoms. The van der Waals surface area contributed by atoms with Gasteiger partial charge in [0.25, 0.3) is 0 Å². The number of esters is 1. The zero-order valence-electron chi connectivity index (χ0n) is 11.6.